The zero-order valence-corrected chi connectivity index (χ0v) is 21.4. The summed E-state index contributed by atoms with van der Waals surface area (Å²) < 4.78 is 0. The molecule has 0 spiro atoms. The van der Waals surface area contributed by atoms with E-state index < -0.39 is 0 Å². The Balaban J connectivity index is 0.000000286. The van der Waals surface area contributed by atoms with Gasteiger partial charge < -0.3 is 15.5 Å². The summed E-state index contributed by atoms with van der Waals surface area (Å²) in [5, 5.41) is 5.86. The number of alkyl halides is 1. The molecule has 3 unspecified atom stereocenters. The third-order valence-electron chi connectivity index (χ3n) is 5.84. The molecular formula is C26H35BrN4O. The summed E-state index contributed by atoms with van der Waals surface area (Å²) in [6.07, 6.45) is 5.33. The van der Waals surface area contributed by atoms with Crippen LogP contribution in [0.1, 0.15) is 64.8 Å². The molecule has 32 heavy (non-hydrogen) atoms. The van der Waals surface area contributed by atoms with Crippen LogP contribution in [-0.4, -0.2) is 27.4 Å². The van der Waals surface area contributed by atoms with Gasteiger partial charge in [0.2, 0.25) is 0 Å². The normalized spacial score (nSPS) is 12.8. The number of aryl methyl sites for hydroxylation is 2. The van der Waals surface area contributed by atoms with Gasteiger partial charge in [0.25, 0.3) is 0 Å². The number of aromatic amines is 1. The summed E-state index contributed by atoms with van der Waals surface area (Å²) in [5.41, 5.74) is 13.5. The van der Waals surface area contributed by atoms with Crippen LogP contribution >= 0.6 is 15.9 Å². The van der Waals surface area contributed by atoms with Gasteiger partial charge in [-0.15, -0.1) is 0 Å². The van der Waals surface area contributed by atoms with Crippen molar-refractivity contribution in [1.82, 2.24) is 9.97 Å². The topological polar surface area (TPSA) is 95.6 Å². The molecule has 1 heterocycles. The van der Waals surface area contributed by atoms with Crippen LogP contribution in [0.5, 0.6) is 0 Å². The van der Waals surface area contributed by atoms with Crippen molar-refractivity contribution < 1.29 is 4.79 Å². The van der Waals surface area contributed by atoms with Crippen LogP contribution in [-0.2, 0) is 4.79 Å². The van der Waals surface area contributed by atoms with E-state index in [2.05, 4.69) is 104 Å². The fourth-order valence-corrected chi connectivity index (χ4v) is 3.76. The summed E-state index contributed by atoms with van der Waals surface area (Å²) in [6, 6.07) is 12.7. The molecule has 4 N–H and O–H groups in total. The quantitative estimate of drug-likeness (QED) is 0.171. The Morgan fingerprint density at radius 3 is 1.97 bits per heavy atom. The molecule has 3 aromatic rings. The van der Waals surface area contributed by atoms with Gasteiger partial charge in [-0.05, 0) is 61.1 Å². The number of carbonyl (C=O) groups excluding carboxylic acids is 1. The minimum atomic E-state index is -0.0944. The van der Waals surface area contributed by atoms with Crippen LogP contribution in [0.15, 0.2) is 48.9 Å². The van der Waals surface area contributed by atoms with Gasteiger partial charge >= 0.3 is 0 Å². The molecule has 0 saturated carbocycles. The van der Waals surface area contributed by atoms with Crippen molar-refractivity contribution in [1.29, 1.82) is 5.41 Å². The van der Waals surface area contributed by atoms with Crippen LogP contribution in [0, 0.1) is 33.1 Å². The predicted molar refractivity (Wildman–Crippen MR) is 138 cm³/mol. The lowest BCUT2D eigenvalue weighted by Crippen LogP contribution is -2.11. The van der Waals surface area contributed by atoms with Crippen molar-refractivity contribution in [3.8, 4) is 0 Å². The van der Waals surface area contributed by atoms with Gasteiger partial charge in [0.05, 0.1) is 17.5 Å². The van der Waals surface area contributed by atoms with E-state index in [0.29, 0.717) is 5.92 Å². The van der Waals surface area contributed by atoms with Gasteiger partial charge in [-0.3, -0.25) is 5.41 Å². The lowest BCUT2D eigenvalue weighted by molar-refractivity contribution is -0.107. The molecule has 0 amide bonds. The van der Waals surface area contributed by atoms with Crippen LogP contribution in [0.25, 0.3) is 0 Å². The molecule has 5 nitrogen and oxygen atoms in total. The summed E-state index contributed by atoms with van der Waals surface area (Å²) in [6.45, 7) is 12.8. The second kappa shape index (κ2) is 13.6. The van der Waals surface area contributed by atoms with Gasteiger partial charge in [0.15, 0.2) is 0 Å². The second-order valence-corrected chi connectivity index (χ2v) is 8.90. The second-order valence-electron chi connectivity index (χ2n) is 7.84. The standard InChI is InChI=1S/C13H16N2.C12H15BrO.CH4N2/c1-9-5-4-6-12(10(9)2)11(3)13-7-14-8-15-13;1-8-5-4-6-11(9(8)2)10(3)12(13)7-14;2-1-3/h4-8,11H,1-3H3,(H,14,15);4-7,10,12H,1-3H3;1H,(H3,2,3). The number of carbonyl (C=O) groups is 1. The highest BCUT2D eigenvalue weighted by molar-refractivity contribution is 9.10. The van der Waals surface area contributed by atoms with E-state index >= 15 is 0 Å². The third kappa shape index (κ3) is 7.45. The summed E-state index contributed by atoms with van der Waals surface area (Å²) >= 11 is 3.37. The van der Waals surface area contributed by atoms with Crippen molar-refractivity contribution in [2.45, 2.75) is 58.2 Å². The lowest BCUT2D eigenvalue weighted by atomic mass is 9.92. The minimum absolute atomic E-state index is 0.0944. The zero-order chi connectivity index (χ0) is 24.3. The van der Waals surface area contributed by atoms with Crippen LogP contribution in [0.2, 0.25) is 0 Å². The Morgan fingerprint density at radius 1 is 1.00 bits per heavy atom. The highest BCUT2D eigenvalue weighted by Gasteiger charge is 2.17. The van der Waals surface area contributed by atoms with Crippen LogP contribution in [0.3, 0.4) is 0 Å². The minimum Gasteiger partial charge on any atom is -0.390 e. The molecule has 1 aromatic heterocycles. The fraction of sp³-hybridized carbons (Fsp3) is 0.346. The largest absolute Gasteiger partial charge is 0.390 e. The van der Waals surface area contributed by atoms with Crippen LogP contribution < -0.4 is 5.73 Å². The number of nitrogens with one attached hydrogen (secondary N) is 2. The molecule has 6 heteroatoms. The van der Waals surface area contributed by atoms with E-state index in [4.69, 9.17) is 5.41 Å². The number of rotatable bonds is 5. The van der Waals surface area contributed by atoms with Crippen molar-refractivity contribution in [2.24, 2.45) is 5.73 Å². The van der Waals surface area contributed by atoms with Gasteiger partial charge in [0.1, 0.15) is 6.29 Å². The number of imidazole rings is 1. The average molecular weight is 499 g/mol. The monoisotopic (exact) mass is 498 g/mol. The van der Waals surface area contributed by atoms with Crippen molar-refractivity contribution in [3.63, 3.8) is 0 Å². The number of halogens is 1. The van der Waals surface area contributed by atoms with E-state index in [0.717, 1.165) is 12.6 Å². The Morgan fingerprint density at radius 2 is 1.50 bits per heavy atom. The first-order valence-corrected chi connectivity index (χ1v) is 11.5. The van der Waals surface area contributed by atoms with E-state index in [1.165, 1.54) is 39.1 Å². The highest BCUT2D eigenvalue weighted by Crippen LogP contribution is 2.28. The zero-order valence-electron chi connectivity index (χ0n) is 19.8. The maximum atomic E-state index is 10.7. The molecule has 0 bridgehead atoms. The molecule has 3 atom stereocenters. The number of nitrogens with two attached hydrogens (primary N) is 1. The Bertz CT molecular complexity index is 985. The number of benzene rings is 2. The van der Waals surface area contributed by atoms with Crippen molar-refractivity contribution in [3.05, 3.63) is 88.0 Å². The average Bonchev–Trinajstić information content (AvgIpc) is 3.32. The molecule has 3 rings (SSSR count). The molecule has 0 fully saturated rings. The van der Waals surface area contributed by atoms with Gasteiger partial charge in [0, 0.05) is 23.7 Å². The lowest BCUT2D eigenvalue weighted by Gasteiger charge is -2.17. The summed E-state index contributed by atoms with van der Waals surface area (Å²) in [5.74, 6) is 0.611. The molecule has 0 saturated heterocycles. The van der Waals surface area contributed by atoms with Gasteiger partial charge in [-0.2, -0.15) is 0 Å². The third-order valence-corrected chi connectivity index (χ3v) is 6.85. The molecule has 0 aliphatic heterocycles. The number of aromatic nitrogens is 2. The molecule has 0 aliphatic carbocycles. The fourth-order valence-electron chi connectivity index (χ4n) is 3.47. The number of aldehydes is 1. The van der Waals surface area contributed by atoms with E-state index in [1.54, 1.807) is 6.33 Å². The number of nitrogens with zero attached hydrogens (tertiary/aromatic N) is 1. The first-order valence-electron chi connectivity index (χ1n) is 10.6. The van der Waals surface area contributed by atoms with Crippen molar-refractivity contribution >= 4 is 28.6 Å². The number of hydrogen-bond donors (Lipinski definition) is 3. The van der Waals surface area contributed by atoms with Crippen molar-refractivity contribution in [2.75, 3.05) is 0 Å². The van der Waals surface area contributed by atoms with E-state index in [-0.39, 0.29) is 10.7 Å². The molecule has 0 radical (unpaired) electrons. The summed E-state index contributed by atoms with van der Waals surface area (Å²) in [4.78, 5) is 17.8. The molecule has 172 valence electrons. The Hall–Kier alpha value is -2.73. The highest BCUT2D eigenvalue weighted by atomic mass is 79.9. The predicted octanol–water partition coefficient (Wildman–Crippen LogP) is 6.10. The SMILES string of the molecule is Cc1cccc(C(C)C(Br)C=O)c1C.Cc1cccc(C(C)c2cnc[nH]2)c1C.N=CN. The maximum absolute atomic E-state index is 10.7. The number of hydrogen-bond acceptors (Lipinski definition) is 3. The maximum Gasteiger partial charge on any atom is 0.134 e. The van der Waals surface area contributed by atoms with Crippen LogP contribution in [0.4, 0.5) is 0 Å². The van der Waals surface area contributed by atoms with E-state index in [9.17, 15) is 4.79 Å². The van der Waals surface area contributed by atoms with Gasteiger partial charge in [-0.1, -0.05) is 66.2 Å². The Labute approximate surface area is 200 Å². The molecule has 0 aliphatic rings. The molecule has 2 aromatic carbocycles. The smallest absolute Gasteiger partial charge is 0.134 e. The number of H-pyrrole nitrogens is 1. The Kier molecular flexibility index (Phi) is 11.6. The first-order chi connectivity index (χ1) is 15.2. The van der Waals surface area contributed by atoms with E-state index in [1.807, 2.05) is 12.3 Å². The summed E-state index contributed by atoms with van der Waals surface area (Å²) in [7, 11) is 0. The first kappa shape index (κ1) is 27.3. The molecular weight excluding hydrogens is 464 g/mol. The van der Waals surface area contributed by atoms with Gasteiger partial charge in [-0.25, -0.2) is 4.98 Å².